The molecule has 0 aromatic carbocycles. The smallest absolute Gasteiger partial charge is 0.309 e. The number of rotatable bonds is 5. The van der Waals surface area contributed by atoms with Crippen LogP contribution in [0.4, 0.5) is 5.00 Å². The van der Waals surface area contributed by atoms with E-state index >= 15 is 0 Å². The van der Waals surface area contributed by atoms with Crippen molar-refractivity contribution in [1.82, 2.24) is 4.31 Å². The van der Waals surface area contributed by atoms with Gasteiger partial charge >= 0.3 is 5.97 Å². The van der Waals surface area contributed by atoms with E-state index in [4.69, 9.17) is 4.74 Å². The maximum absolute atomic E-state index is 12.3. The first kappa shape index (κ1) is 21.7. The van der Waals surface area contributed by atoms with Crippen LogP contribution in [0.25, 0.3) is 0 Å². The molecule has 1 saturated heterocycles. The number of piperidine rings is 1. The number of aryl methyl sites for hydroxylation is 1. The van der Waals surface area contributed by atoms with Crippen LogP contribution in [0.2, 0.25) is 0 Å². The van der Waals surface area contributed by atoms with Gasteiger partial charge in [0.25, 0.3) is 5.91 Å². The predicted octanol–water partition coefficient (Wildman–Crippen LogP) is 2.04. The summed E-state index contributed by atoms with van der Waals surface area (Å²) in [6.45, 7) is 0.132. The molecule has 10 heteroatoms. The molecule has 1 aromatic heterocycles. The summed E-state index contributed by atoms with van der Waals surface area (Å²) >= 11 is 1.44. The molecule has 0 atom stereocenters. The molecule has 0 radical (unpaired) electrons. The molecule has 8 nitrogen and oxygen atoms in total. The van der Waals surface area contributed by atoms with Crippen molar-refractivity contribution >= 4 is 38.2 Å². The molecule has 1 N–H and O–H groups in total. The number of nitrogens with zero attached hydrogens (tertiary/aromatic N) is 2. The van der Waals surface area contributed by atoms with Crippen LogP contribution in [0.5, 0.6) is 0 Å². The first-order valence-corrected chi connectivity index (χ1v) is 12.4. The summed E-state index contributed by atoms with van der Waals surface area (Å²) in [5, 5.41) is 12.8. The van der Waals surface area contributed by atoms with E-state index in [1.807, 2.05) is 0 Å². The number of fused-ring (bicyclic) bond motifs is 1. The minimum atomic E-state index is -3.25. The predicted molar refractivity (Wildman–Crippen MR) is 109 cm³/mol. The van der Waals surface area contributed by atoms with E-state index in [-0.39, 0.29) is 13.1 Å². The molecular formula is C19H25N3O5S2. The summed E-state index contributed by atoms with van der Waals surface area (Å²) < 4.78 is 29.5. The van der Waals surface area contributed by atoms with Gasteiger partial charge in [-0.15, -0.1) is 11.3 Å². The second-order valence-electron chi connectivity index (χ2n) is 7.47. The number of thiophene rings is 1. The maximum Gasteiger partial charge on any atom is 0.309 e. The summed E-state index contributed by atoms with van der Waals surface area (Å²) in [6.07, 6.45) is 6.96. The Morgan fingerprint density at radius 1 is 1.24 bits per heavy atom. The zero-order valence-electron chi connectivity index (χ0n) is 16.4. The molecule has 1 amide bonds. The number of anilines is 1. The summed E-state index contributed by atoms with van der Waals surface area (Å²) in [7, 11) is -3.25. The second kappa shape index (κ2) is 9.24. The van der Waals surface area contributed by atoms with Crippen molar-refractivity contribution in [2.75, 3.05) is 31.3 Å². The maximum atomic E-state index is 12.3. The van der Waals surface area contributed by atoms with Gasteiger partial charge in [0, 0.05) is 18.0 Å². The molecule has 3 rings (SSSR count). The number of ether oxygens (including phenoxy) is 1. The van der Waals surface area contributed by atoms with Gasteiger partial charge in [0.2, 0.25) is 10.0 Å². The number of carbonyl (C=O) groups is 2. The lowest BCUT2D eigenvalue weighted by atomic mass is 9.98. The largest absolute Gasteiger partial charge is 0.455 e. The van der Waals surface area contributed by atoms with Gasteiger partial charge in [-0.05, 0) is 44.1 Å². The topological polar surface area (TPSA) is 117 Å². The molecule has 1 aromatic rings. The van der Waals surface area contributed by atoms with Crippen LogP contribution in [0, 0.1) is 17.2 Å². The van der Waals surface area contributed by atoms with Gasteiger partial charge < -0.3 is 10.1 Å². The molecule has 2 heterocycles. The molecule has 0 unspecified atom stereocenters. The average molecular weight is 440 g/mol. The minimum Gasteiger partial charge on any atom is -0.455 e. The standard InChI is InChI=1S/C19H25N3O5S2/c1-29(25,26)22-9-7-13(8-10-22)19(24)27-12-17(23)21-18-15(11-20)14-5-3-2-4-6-16(14)28-18/h13H,2-10,12H2,1H3,(H,21,23). The SMILES string of the molecule is CS(=O)(=O)N1CCC(C(=O)OCC(=O)Nc2sc3c(c2C#N)CCCCC3)CC1. The first-order chi connectivity index (χ1) is 13.8. The van der Waals surface area contributed by atoms with Crippen LogP contribution in [-0.4, -0.2) is 50.6 Å². The quantitative estimate of drug-likeness (QED) is 0.554. The number of sulfonamides is 1. The van der Waals surface area contributed by atoms with Gasteiger partial charge in [0.15, 0.2) is 6.61 Å². The highest BCUT2D eigenvalue weighted by molar-refractivity contribution is 7.88. The lowest BCUT2D eigenvalue weighted by Gasteiger charge is -2.28. The number of carbonyl (C=O) groups excluding carboxylic acids is 2. The minimum absolute atomic E-state index is 0.275. The molecule has 1 fully saturated rings. The zero-order chi connectivity index (χ0) is 21.0. The highest BCUT2D eigenvalue weighted by Crippen LogP contribution is 2.36. The fourth-order valence-electron chi connectivity index (χ4n) is 3.79. The Labute approximate surface area is 174 Å². The number of nitrogens with one attached hydrogen (secondary N) is 1. The van der Waals surface area contributed by atoms with E-state index in [0.29, 0.717) is 23.4 Å². The molecule has 2 aliphatic rings. The van der Waals surface area contributed by atoms with Crippen molar-refractivity contribution in [3.63, 3.8) is 0 Å². The molecule has 1 aliphatic carbocycles. The zero-order valence-corrected chi connectivity index (χ0v) is 18.0. The van der Waals surface area contributed by atoms with Gasteiger partial charge in [-0.3, -0.25) is 9.59 Å². The van der Waals surface area contributed by atoms with E-state index in [1.54, 1.807) is 0 Å². The number of esters is 1. The average Bonchev–Trinajstić information content (AvgIpc) is 2.84. The van der Waals surface area contributed by atoms with Crippen LogP contribution in [-0.2, 0) is 37.2 Å². The fraction of sp³-hybridized carbons (Fsp3) is 0.632. The summed E-state index contributed by atoms with van der Waals surface area (Å²) in [4.78, 5) is 25.6. The Bertz CT molecular complexity index is 924. The van der Waals surface area contributed by atoms with Gasteiger partial charge in [-0.25, -0.2) is 12.7 Å². The molecule has 0 bridgehead atoms. The van der Waals surface area contributed by atoms with E-state index < -0.39 is 34.4 Å². The third kappa shape index (κ3) is 5.35. The lowest BCUT2D eigenvalue weighted by Crippen LogP contribution is -2.40. The van der Waals surface area contributed by atoms with E-state index in [2.05, 4.69) is 11.4 Å². The van der Waals surface area contributed by atoms with Gasteiger partial charge in [0.05, 0.1) is 17.7 Å². The van der Waals surface area contributed by atoms with Crippen molar-refractivity contribution in [3.8, 4) is 6.07 Å². The number of hydrogen-bond acceptors (Lipinski definition) is 7. The Balaban J connectivity index is 1.52. The van der Waals surface area contributed by atoms with Crippen LogP contribution in [0.15, 0.2) is 0 Å². The molecule has 1 aliphatic heterocycles. The van der Waals surface area contributed by atoms with Crippen LogP contribution >= 0.6 is 11.3 Å². The third-order valence-corrected chi connectivity index (χ3v) is 7.90. The molecule has 0 spiro atoms. The highest BCUT2D eigenvalue weighted by atomic mass is 32.2. The van der Waals surface area contributed by atoms with Crippen molar-refractivity contribution in [2.45, 2.75) is 44.9 Å². The summed E-state index contributed by atoms with van der Waals surface area (Å²) in [5.41, 5.74) is 1.57. The Morgan fingerprint density at radius 2 is 1.93 bits per heavy atom. The molecule has 29 heavy (non-hydrogen) atoms. The van der Waals surface area contributed by atoms with E-state index in [0.717, 1.165) is 48.8 Å². The van der Waals surface area contributed by atoms with Crippen molar-refractivity contribution in [3.05, 3.63) is 16.0 Å². The Hall–Kier alpha value is -1.96. The van der Waals surface area contributed by atoms with Crippen LogP contribution < -0.4 is 5.32 Å². The van der Waals surface area contributed by atoms with Crippen molar-refractivity contribution in [2.24, 2.45) is 5.92 Å². The van der Waals surface area contributed by atoms with Crippen molar-refractivity contribution in [1.29, 1.82) is 5.26 Å². The molecule has 0 saturated carbocycles. The van der Waals surface area contributed by atoms with E-state index in [9.17, 15) is 23.3 Å². The summed E-state index contributed by atoms with van der Waals surface area (Å²) in [6, 6.07) is 2.20. The van der Waals surface area contributed by atoms with E-state index in [1.165, 1.54) is 15.6 Å². The van der Waals surface area contributed by atoms with Crippen LogP contribution in [0.3, 0.4) is 0 Å². The number of hydrogen-bond donors (Lipinski definition) is 1. The molecular weight excluding hydrogens is 414 g/mol. The highest BCUT2D eigenvalue weighted by Gasteiger charge is 2.30. The lowest BCUT2D eigenvalue weighted by molar-refractivity contribution is -0.152. The van der Waals surface area contributed by atoms with Crippen molar-refractivity contribution < 1.29 is 22.7 Å². The fourth-order valence-corrected chi connectivity index (χ4v) is 5.92. The van der Waals surface area contributed by atoms with Gasteiger partial charge in [-0.2, -0.15) is 5.26 Å². The Kier molecular flexibility index (Phi) is 6.93. The van der Waals surface area contributed by atoms with Gasteiger partial charge in [0.1, 0.15) is 11.1 Å². The Morgan fingerprint density at radius 3 is 2.59 bits per heavy atom. The van der Waals surface area contributed by atoms with Crippen LogP contribution in [0.1, 0.15) is 48.1 Å². The monoisotopic (exact) mass is 439 g/mol. The number of amides is 1. The molecule has 158 valence electrons. The first-order valence-electron chi connectivity index (χ1n) is 9.76. The van der Waals surface area contributed by atoms with Gasteiger partial charge in [-0.1, -0.05) is 6.42 Å². The normalized spacial score (nSPS) is 18.3. The summed E-state index contributed by atoms with van der Waals surface area (Å²) in [5.74, 6) is -1.37. The third-order valence-electron chi connectivity index (χ3n) is 5.39. The second-order valence-corrected chi connectivity index (χ2v) is 10.6. The number of nitriles is 1.